The predicted molar refractivity (Wildman–Crippen MR) is 160 cm³/mol. The second-order valence-electron chi connectivity index (χ2n) is 12.5. The minimum atomic E-state index is 0.635. The molecule has 0 aliphatic heterocycles. The predicted octanol–water partition coefficient (Wildman–Crippen LogP) is 11.3. The molecule has 0 heterocycles. The van der Waals surface area contributed by atoms with Crippen molar-refractivity contribution in [2.45, 2.75) is 155 Å². The number of ether oxygens (including phenoxy) is 2. The van der Waals surface area contributed by atoms with Gasteiger partial charge in [0.25, 0.3) is 0 Å². The topological polar surface area (TPSA) is 18.5 Å². The van der Waals surface area contributed by atoms with E-state index in [4.69, 9.17) is 9.47 Å². The van der Waals surface area contributed by atoms with Gasteiger partial charge in [0.05, 0.1) is 13.2 Å². The minimum absolute atomic E-state index is 0.635. The molecule has 3 rings (SSSR count). The maximum Gasteiger partial charge on any atom is 0.123 e. The van der Waals surface area contributed by atoms with Crippen molar-refractivity contribution < 1.29 is 9.47 Å². The zero-order valence-corrected chi connectivity index (χ0v) is 24.9. The molecule has 0 bridgehead atoms. The van der Waals surface area contributed by atoms with Gasteiger partial charge in [0.15, 0.2) is 0 Å². The standard InChI is InChI=1S/C35H60O2/c1-4-7-9-11-13-15-29-16-18-31(19-17-29)28-37-35-25-24-33(36-26-6-3)27-34(35)32-22-20-30(21-23-32)14-12-10-8-5-2/h24-25,27,29-32H,4-23,26,28H2,1-3H3. The van der Waals surface area contributed by atoms with Gasteiger partial charge in [-0.3, -0.25) is 0 Å². The SMILES string of the molecule is CCCCCCCC1CCC(COc2ccc(OCCC)cc2C2CCC(CCCCCC)CC2)CC1. The molecule has 2 heteroatoms. The fraction of sp³-hybridized carbons (Fsp3) is 0.829. The zero-order chi connectivity index (χ0) is 26.1. The molecular formula is C35H60O2. The molecule has 1 aromatic carbocycles. The van der Waals surface area contributed by atoms with Crippen LogP contribution in [-0.2, 0) is 0 Å². The average Bonchev–Trinajstić information content (AvgIpc) is 2.94. The molecule has 212 valence electrons. The fourth-order valence-electron chi connectivity index (χ4n) is 6.84. The van der Waals surface area contributed by atoms with Crippen LogP contribution < -0.4 is 9.47 Å². The van der Waals surface area contributed by atoms with Crippen molar-refractivity contribution in [2.75, 3.05) is 13.2 Å². The Balaban J connectivity index is 1.48. The van der Waals surface area contributed by atoms with E-state index in [1.165, 1.54) is 128 Å². The highest BCUT2D eigenvalue weighted by Crippen LogP contribution is 2.43. The van der Waals surface area contributed by atoms with Crippen molar-refractivity contribution in [1.82, 2.24) is 0 Å². The van der Waals surface area contributed by atoms with Crippen LogP contribution in [0.5, 0.6) is 11.5 Å². The van der Waals surface area contributed by atoms with Gasteiger partial charge in [-0.15, -0.1) is 0 Å². The van der Waals surface area contributed by atoms with Crippen LogP contribution in [0.25, 0.3) is 0 Å². The second-order valence-corrected chi connectivity index (χ2v) is 12.5. The highest BCUT2D eigenvalue weighted by atomic mass is 16.5. The van der Waals surface area contributed by atoms with E-state index in [1.807, 2.05) is 0 Å². The highest BCUT2D eigenvalue weighted by molar-refractivity contribution is 5.43. The smallest absolute Gasteiger partial charge is 0.123 e. The molecule has 2 nitrogen and oxygen atoms in total. The van der Waals surface area contributed by atoms with Gasteiger partial charge in [-0.05, 0) is 86.8 Å². The summed E-state index contributed by atoms with van der Waals surface area (Å²) in [6, 6.07) is 6.69. The van der Waals surface area contributed by atoms with E-state index in [1.54, 1.807) is 0 Å². The van der Waals surface area contributed by atoms with Crippen LogP contribution in [0.4, 0.5) is 0 Å². The Labute approximate surface area is 230 Å². The van der Waals surface area contributed by atoms with E-state index in [-0.39, 0.29) is 0 Å². The number of hydrogen-bond donors (Lipinski definition) is 0. The Bertz CT molecular complexity index is 697. The number of unbranched alkanes of at least 4 members (excludes halogenated alkanes) is 7. The lowest BCUT2D eigenvalue weighted by molar-refractivity contribution is 0.175. The first-order chi connectivity index (χ1) is 18.2. The molecule has 0 aromatic heterocycles. The van der Waals surface area contributed by atoms with Crippen LogP contribution in [0.2, 0.25) is 0 Å². The Morgan fingerprint density at radius 2 is 1.16 bits per heavy atom. The fourth-order valence-corrected chi connectivity index (χ4v) is 6.84. The summed E-state index contributed by atoms with van der Waals surface area (Å²) in [6.45, 7) is 8.50. The van der Waals surface area contributed by atoms with E-state index in [2.05, 4.69) is 39.0 Å². The lowest BCUT2D eigenvalue weighted by Gasteiger charge is -2.31. The summed E-state index contributed by atoms with van der Waals surface area (Å²) >= 11 is 0. The normalized spacial score (nSPS) is 24.2. The Kier molecular flexibility index (Phi) is 14.9. The first-order valence-electron chi connectivity index (χ1n) is 16.6. The molecule has 0 saturated heterocycles. The van der Waals surface area contributed by atoms with Crippen LogP contribution in [0.3, 0.4) is 0 Å². The summed E-state index contributed by atoms with van der Waals surface area (Å²) in [7, 11) is 0. The van der Waals surface area contributed by atoms with Gasteiger partial charge in [-0.1, -0.05) is 104 Å². The van der Waals surface area contributed by atoms with E-state index < -0.39 is 0 Å². The summed E-state index contributed by atoms with van der Waals surface area (Å²) in [5, 5.41) is 0. The molecule has 1 aromatic rings. The average molecular weight is 513 g/mol. The van der Waals surface area contributed by atoms with Gasteiger partial charge in [0.2, 0.25) is 0 Å². The maximum absolute atomic E-state index is 6.61. The van der Waals surface area contributed by atoms with Crippen LogP contribution in [0, 0.1) is 17.8 Å². The lowest BCUT2D eigenvalue weighted by Crippen LogP contribution is -2.21. The van der Waals surface area contributed by atoms with Gasteiger partial charge in [-0.25, -0.2) is 0 Å². The molecule has 0 atom stereocenters. The van der Waals surface area contributed by atoms with Gasteiger partial charge in [0.1, 0.15) is 11.5 Å². The van der Waals surface area contributed by atoms with Crippen molar-refractivity contribution in [1.29, 1.82) is 0 Å². The molecule has 0 radical (unpaired) electrons. The highest BCUT2D eigenvalue weighted by Gasteiger charge is 2.26. The first-order valence-corrected chi connectivity index (χ1v) is 16.6. The van der Waals surface area contributed by atoms with E-state index in [0.29, 0.717) is 5.92 Å². The van der Waals surface area contributed by atoms with Crippen LogP contribution in [0.15, 0.2) is 18.2 Å². The van der Waals surface area contributed by atoms with Gasteiger partial charge in [0, 0.05) is 5.56 Å². The van der Waals surface area contributed by atoms with E-state index in [0.717, 1.165) is 48.9 Å². The zero-order valence-electron chi connectivity index (χ0n) is 24.9. The molecule has 0 amide bonds. The summed E-state index contributed by atoms with van der Waals surface area (Å²) < 4.78 is 12.7. The van der Waals surface area contributed by atoms with Crippen LogP contribution in [0.1, 0.15) is 161 Å². The van der Waals surface area contributed by atoms with Crippen molar-refractivity contribution in [3.63, 3.8) is 0 Å². The van der Waals surface area contributed by atoms with E-state index >= 15 is 0 Å². The number of rotatable bonds is 18. The number of benzene rings is 1. The number of hydrogen-bond acceptors (Lipinski definition) is 2. The van der Waals surface area contributed by atoms with Crippen molar-refractivity contribution in [2.24, 2.45) is 17.8 Å². The van der Waals surface area contributed by atoms with Gasteiger partial charge >= 0.3 is 0 Å². The van der Waals surface area contributed by atoms with Crippen LogP contribution in [-0.4, -0.2) is 13.2 Å². The maximum atomic E-state index is 6.61. The van der Waals surface area contributed by atoms with Crippen molar-refractivity contribution in [3.8, 4) is 11.5 Å². The quantitative estimate of drug-likeness (QED) is 0.182. The monoisotopic (exact) mass is 512 g/mol. The van der Waals surface area contributed by atoms with Crippen LogP contribution >= 0.6 is 0 Å². The van der Waals surface area contributed by atoms with Gasteiger partial charge in [-0.2, -0.15) is 0 Å². The molecule has 2 fully saturated rings. The van der Waals surface area contributed by atoms with E-state index in [9.17, 15) is 0 Å². The summed E-state index contributed by atoms with van der Waals surface area (Å²) in [5.74, 6) is 5.47. The molecule has 0 N–H and O–H groups in total. The lowest BCUT2D eigenvalue weighted by atomic mass is 9.76. The molecule has 37 heavy (non-hydrogen) atoms. The summed E-state index contributed by atoms with van der Waals surface area (Å²) in [6.07, 6.45) is 27.6. The minimum Gasteiger partial charge on any atom is -0.494 e. The third-order valence-electron chi connectivity index (χ3n) is 9.36. The molecule has 2 saturated carbocycles. The third kappa shape index (κ3) is 11.2. The first kappa shape index (κ1) is 30.4. The Morgan fingerprint density at radius 1 is 0.595 bits per heavy atom. The second kappa shape index (κ2) is 18.2. The Morgan fingerprint density at radius 3 is 1.78 bits per heavy atom. The molecule has 0 spiro atoms. The van der Waals surface area contributed by atoms with Crippen molar-refractivity contribution in [3.05, 3.63) is 23.8 Å². The summed E-state index contributed by atoms with van der Waals surface area (Å²) in [5.41, 5.74) is 1.43. The Hall–Kier alpha value is -1.18. The van der Waals surface area contributed by atoms with Gasteiger partial charge < -0.3 is 9.47 Å². The third-order valence-corrected chi connectivity index (χ3v) is 9.36. The largest absolute Gasteiger partial charge is 0.494 e. The summed E-state index contributed by atoms with van der Waals surface area (Å²) in [4.78, 5) is 0. The molecule has 2 aliphatic rings. The molecule has 0 unspecified atom stereocenters. The molecular weight excluding hydrogens is 452 g/mol. The molecule has 2 aliphatic carbocycles. The van der Waals surface area contributed by atoms with Crippen molar-refractivity contribution >= 4 is 0 Å².